The molecule has 0 aromatic heterocycles. The summed E-state index contributed by atoms with van der Waals surface area (Å²) >= 11 is 0. The van der Waals surface area contributed by atoms with Crippen molar-refractivity contribution in [3.05, 3.63) is 23.8 Å². The highest BCUT2D eigenvalue weighted by atomic mass is 32.2. The van der Waals surface area contributed by atoms with Gasteiger partial charge in [-0.3, -0.25) is 4.79 Å². The lowest BCUT2D eigenvalue weighted by Gasteiger charge is -2.16. The van der Waals surface area contributed by atoms with Crippen LogP contribution in [0.2, 0.25) is 0 Å². The summed E-state index contributed by atoms with van der Waals surface area (Å²) in [5.41, 5.74) is 0.458. The highest BCUT2D eigenvalue weighted by molar-refractivity contribution is 7.89. The summed E-state index contributed by atoms with van der Waals surface area (Å²) < 4.78 is 32.7. The van der Waals surface area contributed by atoms with Gasteiger partial charge in [-0.25, -0.2) is 8.42 Å². The highest BCUT2D eigenvalue weighted by Gasteiger charge is 2.32. The minimum atomic E-state index is -3.87. The van der Waals surface area contributed by atoms with E-state index >= 15 is 0 Å². The molecule has 2 N–H and O–H groups in total. The maximum atomic E-state index is 12.4. The average Bonchev–Trinajstić information content (AvgIpc) is 2.70. The number of rotatable bonds is 6. The molecule has 1 aromatic rings. The summed E-state index contributed by atoms with van der Waals surface area (Å²) in [5.74, 6) is -0.497. The first kappa shape index (κ1) is 16.8. The highest BCUT2D eigenvalue weighted by Crippen LogP contribution is 2.35. The smallest absolute Gasteiger partial charge is 0.321 e. The van der Waals surface area contributed by atoms with E-state index in [0.717, 1.165) is 5.56 Å². The number of fused-ring (bicyclic) bond motifs is 1. The summed E-state index contributed by atoms with van der Waals surface area (Å²) in [6, 6.07) is 3.50. The number of hydrogen-bond acceptors (Lipinski definition) is 4. The second-order valence-corrected chi connectivity index (χ2v) is 7.82. The van der Waals surface area contributed by atoms with Crippen LogP contribution >= 0.6 is 0 Å². The number of sulfonamides is 1. The molecule has 1 unspecified atom stereocenters. The summed E-state index contributed by atoms with van der Waals surface area (Å²) in [4.78, 5) is 11.2. The maximum absolute atomic E-state index is 12.4. The number of hydrogen-bond donors (Lipinski definition) is 2. The van der Waals surface area contributed by atoms with Crippen LogP contribution in [0.25, 0.3) is 0 Å². The van der Waals surface area contributed by atoms with Gasteiger partial charge in [0.05, 0.1) is 4.90 Å². The average molecular weight is 327 g/mol. The lowest BCUT2D eigenvalue weighted by atomic mass is 10.0. The van der Waals surface area contributed by atoms with Gasteiger partial charge in [0.25, 0.3) is 0 Å². The van der Waals surface area contributed by atoms with Gasteiger partial charge in [0.15, 0.2) is 0 Å². The number of carboxylic acid groups (broad SMARTS) is 1. The van der Waals surface area contributed by atoms with Crippen molar-refractivity contribution in [1.82, 2.24) is 4.72 Å². The van der Waals surface area contributed by atoms with Gasteiger partial charge >= 0.3 is 5.97 Å². The van der Waals surface area contributed by atoms with Crippen LogP contribution < -0.4 is 9.46 Å². The van der Waals surface area contributed by atoms with Crippen molar-refractivity contribution in [3.63, 3.8) is 0 Å². The number of nitrogens with one attached hydrogen (secondary N) is 1. The van der Waals surface area contributed by atoms with Crippen molar-refractivity contribution in [3.8, 4) is 5.75 Å². The zero-order valence-corrected chi connectivity index (χ0v) is 13.7. The predicted octanol–water partition coefficient (Wildman–Crippen LogP) is 1.93. The molecule has 6 nitrogen and oxygen atoms in total. The lowest BCUT2D eigenvalue weighted by molar-refractivity contribution is -0.139. The molecule has 2 rings (SSSR count). The van der Waals surface area contributed by atoms with Gasteiger partial charge in [-0.2, -0.15) is 4.72 Å². The Balaban J connectivity index is 2.26. The number of ether oxygens (including phenoxy) is 1. The van der Waals surface area contributed by atoms with E-state index in [1.165, 1.54) is 6.07 Å². The van der Waals surface area contributed by atoms with Crippen LogP contribution in [0, 0.1) is 0 Å². The molecule has 0 spiro atoms. The topological polar surface area (TPSA) is 92.7 Å². The summed E-state index contributed by atoms with van der Waals surface area (Å²) in [6.45, 7) is 5.67. The molecule has 1 aliphatic rings. The first-order valence-corrected chi connectivity index (χ1v) is 8.70. The SMILES string of the molecule is CCCC(NS(=O)(=O)c1ccc2c(c1)CC(C)(C)O2)C(=O)O. The van der Waals surface area contributed by atoms with Crippen molar-refractivity contribution >= 4 is 16.0 Å². The lowest BCUT2D eigenvalue weighted by Crippen LogP contribution is -2.40. The van der Waals surface area contributed by atoms with Gasteiger partial charge in [-0.05, 0) is 44.0 Å². The van der Waals surface area contributed by atoms with Gasteiger partial charge in [0.1, 0.15) is 17.4 Å². The van der Waals surface area contributed by atoms with Gasteiger partial charge < -0.3 is 9.84 Å². The Morgan fingerprint density at radius 3 is 2.73 bits per heavy atom. The standard InChI is InChI=1S/C15H21NO5S/c1-4-5-12(14(17)18)16-22(19,20)11-6-7-13-10(8-11)9-15(2,3)21-13/h6-8,12,16H,4-5,9H2,1-3H3,(H,17,18). The molecule has 0 saturated carbocycles. The normalized spacial score (nSPS) is 17.6. The fourth-order valence-corrected chi connectivity index (χ4v) is 3.80. The van der Waals surface area contributed by atoms with Crippen molar-refractivity contribution < 1.29 is 23.1 Å². The maximum Gasteiger partial charge on any atom is 0.321 e. The molecule has 0 bridgehead atoms. The van der Waals surface area contributed by atoms with E-state index in [1.807, 2.05) is 13.8 Å². The third-order valence-electron chi connectivity index (χ3n) is 3.52. The molecule has 1 atom stereocenters. The fraction of sp³-hybridized carbons (Fsp3) is 0.533. The third kappa shape index (κ3) is 3.59. The Morgan fingerprint density at radius 1 is 1.45 bits per heavy atom. The first-order valence-electron chi connectivity index (χ1n) is 7.22. The monoisotopic (exact) mass is 327 g/mol. The number of carboxylic acids is 1. The fourth-order valence-electron chi connectivity index (χ4n) is 2.53. The Kier molecular flexibility index (Phi) is 4.49. The second-order valence-electron chi connectivity index (χ2n) is 6.11. The van der Waals surface area contributed by atoms with Crippen molar-refractivity contribution in [2.75, 3.05) is 0 Å². The molecule has 22 heavy (non-hydrogen) atoms. The summed E-state index contributed by atoms with van der Waals surface area (Å²) in [6.07, 6.45) is 1.43. The quantitative estimate of drug-likeness (QED) is 0.833. The van der Waals surface area contributed by atoms with E-state index in [9.17, 15) is 13.2 Å². The Labute approximate surface area is 130 Å². The van der Waals surface area contributed by atoms with Gasteiger partial charge in [0.2, 0.25) is 10.0 Å². The zero-order valence-electron chi connectivity index (χ0n) is 12.9. The van der Waals surface area contributed by atoms with Crippen molar-refractivity contribution in [2.24, 2.45) is 0 Å². The predicted molar refractivity (Wildman–Crippen MR) is 81.5 cm³/mol. The Hall–Kier alpha value is -1.60. The van der Waals surface area contributed by atoms with Gasteiger partial charge in [-0.15, -0.1) is 0 Å². The van der Waals surface area contributed by atoms with Crippen molar-refractivity contribution in [2.45, 2.75) is 56.6 Å². The van der Waals surface area contributed by atoms with Crippen molar-refractivity contribution in [1.29, 1.82) is 0 Å². The molecule has 0 aliphatic carbocycles. The summed E-state index contributed by atoms with van der Waals surface area (Å²) in [7, 11) is -3.87. The van der Waals surface area contributed by atoms with Crippen LogP contribution in [0.5, 0.6) is 5.75 Å². The molecule has 0 fully saturated rings. The number of benzene rings is 1. The molecule has 1 heterocycles. The molecule has 122 valence electrons. The number of aliphatic carboxylic acids is 1. The minimum absolute atomic E-state index is 0.0647. The zero-order chi connectivity index (χ0) is 16.5. The second kappa shape index (κ2) is 5.89. The molecular weight excluding hydrogens is 306 g/mol. The molecule has 0 radical (unpaired) electrons. The van der Waals surface area contributed by atoms with Crippen LogP contribution in [-0.4, -0.2) is 31.1 Å². The summed E-state index contributed by atoms with van der Waals surface area (Å²) in [5, 5.41) is 9.09. The van der Waals surface area contributed by atoms with E-state index in [-0.39, 0.29) is 16.9 Å². The van der Waals surface area contributed by atoms with Gasteiger partial charge in [0, 0.05) is 6.42 Å². The van der Waals surface area contributed by atoms with Crippen LogP contribution in [0.15, 0.2) is 23.1 Å². The molecule has 7 heteroatoms. The Bertz CT molecular complexity index is 681. The first-order chi connectivity index (χ1) is 10.1. The van der Waals surface area contributed by atoms with E-state index in [1.54, 1.807) is 19.1 Å². The van der Waals surface area contributed by atoms with Crippen LogP contribution in [0.1, 0.15) is 39.2 Å². The van der Waals surface area contributed by atoms with E-state index in [4.69, 9.17) is 9.84 Å². The third-order valence-corrected chi connectivity index (χ3v) is 4.99. The molecule has 1 aliphatic heterocycles. The van der Waals surface area contributed by atoms with Crippen LogP contribution in [0.3, 0.4) is 0 Å². The van der Waals surface area contributed by atoms with Crippen LogP contribution in [-0.2, 0) is 21.2 Å². The molecule has 0 amide bonds. The molecule has 1 aromatic carbocycles. The molecule has 0 saturated heterocycles. The van der Waals surface area contributed by atoms with Crippen LogP contribution in [0.4, 0.5) is 0 Å². The Morgan fingerprint density at radius 2 is 2.14 bits per heavy atom. The van der Waals surface area contributed by atoms with E-state index in [0.29, 0.717) is 18.6 Å². The number of carbonyl (C=O) groups is 1. The largest absolute Gasteiger partial charge is 0.487 e. The molecular formula is C15H21NO5S. The van der Waals surface area contributed by atoms with E-state index < -0.39 is 22.0 Å². The van der Waals surface area contributed by atoms with Gasteiger partial charge in [-0.1, -0.05) is 13.3 Å². The minimum Gasteiger partial charge on any atom is -0.487 e. The van der Waals surface area contributed by atoms with E-state index in [2.05, 4.69) is 4.72 Å².